The first-order chi connectivity index (χ1) is 9.08. The summed E-state index contributed by atoms with van der Waals surface area (Å²) >= 11 is 2.17. The van der Waals surface area contributed by atoms with Crippen LogP contribution in [0.4, 0.5) is 5.69 Å². The number of halogens is 1. The zero-order valence-corrected chi connectivity index (χ0v) is 12.2. The Kier molecular flexibility index (Phi) is 3.76. The monoisotopic (exact) mass is 367 g/mol. The lowest BCUT2D eigenvalue weighted by molar-refractivity contribution is 0.0593. The van der Waals surface area contributed by atoms with Crippen molar-refractivity contribution in [2.24, 2.45) is 0 Å². The van der Waals surface area contributed by atoms with Crippen LogP contribution < -0.4 is 5.73 Å². The zero-order chi connectivity index (χ0) is 14.0. The van der Waals surface area contributed by atoms with Gasteiger partial charge in [-0.2, -0.15) is 5.26 Å². The van der Waals surface area contributed by atoms with Gasteiger partial charge in [0.2, 0.25) is 0 Å². The number of ether oxygens (including phenoxy) is 1. The Labute approximate surface area is 123 Å². The molecule has 6 heteroatoms. The largest absolute Gasteiger partial charge is 0.464 e. The van der Waals surface area contributed by atoms with Crippen LogP contribution >= 0.6 is 22.6 Å². The second kappa shape index (κ2) is 5.32. The van der Waals surface area contributed by atoms with Crippen molar-refractivity contribution < 1.29 is 9.53 Å². The van der Waals surface area contributed by atoms with Crippen molar-refractivity contribution in [3.05, 3.63) is 45.3 Å². The third kappa shape index (κ3) is 2.42. The summed E-state index contributed by atoms with van der Waals surface area (Å²) in [5, 5.41) is 9.02. The molecule has 1 heterocycles. The molecule has 0 fully saturated rings. The van der Waals surface area contributed by atoms with E-state index in [4.69, 9.17) is 15.7 Å². The molecule has 0 aliphatic heterocycles. The van der Waals surface area contributed by atoms with Gasteiger partial charge in [-0.3, -0.25) is 0 Å². The van der Waals surface area contributed by atoms with E-state index >= 15 is 0 Å². The molecule has 0 aliphatic rings. The van der Waals surface area contributed by atoms with Crippen molar-refractivity contribution in [1.82, 2.24) is 4.57 Å². The maximum absolute atomic E-state index is 11.8. The molecule has 0 saturated carbocycles. The van der Waals surface area contributed by atoms with Gasteiger partial charge in [0.05, 0.1) is 18.4 Å². The van der Waals surface area contributed by atoms with E-state index in [1.807, 2.05) is 30.3 Å². The van der Waals surface area contributed by atoms with E-state index in [0.29, 0.717) is 0 Å². The van der Waals surface area contributed by atoms with E-state index in [9.17, 15) is 4.79 Å². The number of anilines is 1. The molecule has 5 nitrogen and oxygen atoms in total. The van der Waals surface area contributed by atoms with Crippen LogP contribution in [0.1, 0.15) is 16.1 Å². The number of methoxy groups -OCH3 is 1. The van der Waals surface area contributed by atoms with Crippen molar-refractivity contribution >= 4 is 34.2 Å². The SMILES string of the molecule is COC(=O)c1c(N)c(C#N)cn1-c1cccc(I)c1. The highest BCUT2D eigenvalue weighted by Crippen LogP contribution is 2.25. The van der Waals surface area contributed by atoms with E-state index in [2.05, 4.69) is 22.6 Å². The third-order valence-corrected chi connectivity index (χ3v) is 3.30. The Hall–Kier alpha value is -2.01. The van der Waals surface area contributed by atoms with E-state index in [0.717, 1.165) is 9.26 Å². The van der Waals surface area contributed by atoms with Gasteiger partial charge in [-0.1, -0.05) is 6.07 Å². The zero-order valence-electron chi connectivity index (χ0n) is 10.1. The highest BCUT2D eigenvalue weighted by molar-refractivity contribution is 14.1. The van der Waals surface area contributed by atoms with Crippen LogP contribution in [0.25, 0.3) is 5.69 Å². The number of rotatable bonds is 2. The molecule has 0 radical (unpaired) electrons. The van der Waals surface area contributed by atoms with E-state index in [1.165, 1.54) is 13.3 Å². The molecule has 1 aromatic heterocycles. The minimum atomic E-state index is -0.571. The van der Waals surface area contributed by atoms with E-state index in [-0.39, 0.29) is 16.9 Å². The van der Waals surface area contributed by atoms with Crippen LogP contribution in [0, 0.1) is 14.9 Å². The van der Waals surface area contributed by atoms with Crippen molar-refractivity contribution in [2.75, 3.05) is 12.8 Å². The van der Waals surface area contributed by atoms with E-state index < -0.39 is 5.97 Å². The molecule has 1 aromatic carbocycles. The second-order valence-corrected chi connectivity index (χ2v) is 5.00. The van der Waals surface area contributed by atoms with Gasteiger partial charge in [0.15, 0.2) is 5.69 Å². The summed E-state index contributed by atoms with van der Waals surface area (Å²) in [5.41, 5.74) is 7.12. The topological polar surface area (TPSA) is 81.0 Å². The number of esters is 1. The summed E-state index contributed by atoms with van der Waals surface area (Å²) in [6, 6.07) is 9.47. The first kappa shape index (κ1) is 13.4. The van der Waals surface area contributed by atoms with Crippen molar-refractivity contribution in [2.45, 2.75) is 0 Å². The molecule has 2 rings (SSSR count). The lowest BCUT2D eigenvalue weighted by atomic mass is 10.2. The Morgan fingerprint density at radius 3 is 2.84 bits per heavy atom. The molecular weight excluding hydrogens is 357 g/mol. The van der Waals surface area contributed by atoms with Gasteiger partial charge in [-0.15, -0.1) is 0 Å². The number of carbonyl (C=O) groups is 1. The fraction of sp³-hybridized carbons (Fsp3) is 0.0769. The van der Waals surface area contributed by atoms with Gasteiger partial charge in [0.25, 0.3) is 0 Å². The van der Waals surface area contributed by atoms with Gasteiger partial charge in [-0.25, -0.2) is 4.79 Å². The van der Waals surface area contributed by atoms with Gasteiger partial charge >= 0.3 is 5.97 Å². The highest BCUT2D eigenvalue weighted by atomic mass is 127. The number of nitriles is 1. The molecule has 96 valence electrons. The number of aromatic nitrogens is 1. The normalized spacial score (nSPS) is 9.95. The summed E-state index contributed by atoms with van der Waals surface area (Å²) in [7, 11) is 1.28. The summed E-state index contributed by atoms with van der Waals surface area (Å²) in [6.45, 7) is 0. The minimum Gasteiger partial charge on any atom is -0.464 e. The van der Waals surface area contributed by atoms with Gasteiger partial charge in [0, 0.05) is 15.5 Å². The summed E-state index contributed by atoms with van der Waals surface area (Å²) in [4.78, 5) is 11.8. The second-order valence-electron chi connectivity index (χ2n) is 3.76. The number of nitrogens with zero attached hydrogens (tertiary/aromatic N) is 2. The van der Waals surface area contributed by atoms with Crippen LogP contribution in [-0.4, -0.2) is 17.6 Å². The standard InChI is InChI=1S/C13H10IN3O2/c1-19-13(18)12-11(16)8(6-15)7-17(12)10-4-2-3-9(14)5-10/h2-5,7H,16H2,1H3. The van der Waals surface area contributed by atoms with Crippen LogP contribution in [-0.2, 0) is 4.74 Å². The summed E-state index contributed by atoms with van der Waals surface area (Å²) in [6.07, 6.45) is 1.53. The molecule has 0 bridgehead atoms. The number of nitrogens with two attached hydrogens (primary N) is 1. The first-order valence-corrected chi connectivity index (χ1v) is 6.41. The minimum absolute atomic E-state index is 0.133. The number of hydrogen-bond acceptors (Lipinski definition) is 4. The summed E-state index contributed by atoms with van der Waals surface area (Å²) < 4.78 is 7.30. The number of nitrogen functional groups attached to an aromatic ring is 1. The predicted molar refractivity (Wildman–Crippen MR) is 79.0 cm³/mol. The predicted octanol–water partition coefficient (Wildman–Crippen LogP) is 2.32. The molecule has 19 heavy (non-hydrogen) atoms. The van der Waals surface area contributed by atoms with Gasteiger partial charge in [0.1, 0.15) is 6.07 Å². The Balaban J connectivity index is 2.70. The molecule has 0 saturated heterocycles. The maximum atomic E-state index is 11.8. The van der Waals surface area contributed by atoms with Crippen LogP contribution in [0.3, 0.4) is 0 Å². The number of carbonyl (C=O) groups excluding carboxylic acids is 1. The van der Waals surface area contributed by atoms with Crippen LogP contribution in [0.2, 0.25) is 0 Å². The lowest BCUT2D eigenvalue weighted by Crippen LogP contribution is -2.11. The molecule has 0 amide bonds. The Morgan fingerprint density at radius 2 is 2.26 bits per heavy atom. The number of benzene rings is 1. The molecule has 0 aliphatic carbocycles. The molecule has 0 unspecified atom stereocenters. The Morgan fingerprint density at radius 1 is 1.53 bits per heavy atom. The quantitative estimate of drug-likeness (QED) is 0.653. The highest BCUT2D eigenvalue weighted by Gasteiger charge is 2.21. The molecule has 2 aromatic rings. The molecule has 2 N–H and O–H groups in total. The lowest BCUT2D eigenvalue weighted by Gasteiger charge is -2.08. The van der Waals surface area contributed by atoms with Crippen molar-refractivity contribution in [1.29, 1.82) is 5.26 Å². The maximum Gasteiger partial charge on any atom is 0.357 e. The fourth-order valence-corrected chi connectivity index (χ4v) is 2.27. The average Bonchev–Trinajstić information content (AvgIpc) is 2.75. The fourth-order valence-electron chi connectivity index (χ4n) is 1.74. The summed E-state index contributed by atoms with van der Waals surface area (Å²) in [5.74, 6) is -0.571. The number of hydrogen-bond donors (Lipinski definition) is 1. The third-order valence-electron chi connectivity index (χ3n) is 2.63. The van der Waals surface area contributed by atoms with Crippen molar-refractivity contribution in [3.8, 4) is 11.8 Å². The van der Waals surface area contributed by atoms with Gasteiger partial charge in [-0.05, 0) is 40.8 Å². The van der Waals surface area contributed by atoms with Crippen molar-refractivity contribution in [3.63, 3.8) is 0 Å². The van der Waals surface area contributed by atoms with Crippen LogP contribution in [0.15, 0.2) is 30.5 Å². The average molecular weight is 367 g/mol. The van der Waals surface area contributed by atoms with Gasteiger partial charge < -0.3 is 15.0 Å². The molecule has 0 atom stereocenters. The van der Waals surface area contributed by atoms with E-state index in [1.54, 1.807) is 4.57 Å². The molecular formula is C13H10IN3O2. The first-order valence-electron chi connectivity index (χ1n) is 5.33. The Bertz CT molecular complexity index is 686. The molecule has 0 spiro atoms. The smallest absolute Gasteiger partial charge is 0.357 e. The van der Waals surface area contributed by atoms with Crippen LogP contribution in [0.5, 0.6) is 0 Å².